The van der Waals surface area contributed by atoms with Crippen LogP contribution < -0.4 is 16.4 Å². The Morgan fingerprint density at radius 1 is 1.58 bits per heavy atom. The van der Waals surface area contributed by atoms with Gasteiger partial charge in [0.2, 0.25) is 0 Å². The van der Waals surface area contributed by atoms with E-state index in [0.29, 0.717) is 11.6 Å². The molecule has 2 rings (SSSR count). The number of primary amides is 1. The fourth-order valence-electron chi connectivity index (χ4n) is 2.29. The molecule has 0 aliphatic carbocycles. The lowest BCUT2D eigenvalue weighted by molar-refractivity contribution is 0.100. The topological polar surface area (TPSA) is 99.4 Å². The van der Waals surface area contributed by atoms with Gasteiger partial charge in [0.25, 0.3) is 5.91 Å². The van der Waals surface area contributed by atoms with Crippen molar-refractivity contribution < 1.29 is 4.79 Å². The molecule has 4 N–H and O–H groups in total. The number of rotatable bonds is 3. The average molecular weight is 279 g/mol. The Morgan fingerprint density at radius 2 is 2.26 bits per heavy atom. The minimum absolute atomic E-state index is 0.211. The summed E-state index contributed by atoms with van der Waals surface area (Å²) in [5, 5.41) is 9.98. The smallest absolute Gasteiger partial charge is 0.261 e. The number of nitrogens with zero attached hydrogens (tertiary/aromatic N) is 3. The number of nitrogens with two attached hydrogens (primary N) is 2. The third kappa shape index (κ3) is 2.37. The fraction of sp³-hybridized carbons (Fsp3) is 0.500. The Morgan fingerprint density at radius 3 is 2.74 bits per heavy atom. The zero-order chi connectivity index (χ0) is 14.2. The van der Waals surface area contributed by atoms with Gasteiger partial charge in [-0.1, -0.05) is 0 Å². The van der Waals surface area contributed by atoms with Crippen molar-refractivity contribution >= 4 is 27.9 Å². The number of hydrogen-bond acceptors (Lipinski definition) is 6. The molecule has 0 saturated carbocycles. The molecule has 1 aromatic heterocycles. The van der Waals surface area contributed by atoms with Crippen LogP contribution in [0.15, 0.2) is 0 Å². The molecule has 0 spiro atoms. The normalized spacial score (nSPS) is 18.8. The first-order valence-electron chi connectivity index (χ1n) is 5.99. The maximum Gasteiger partial charge on any atom is 0.261 e. The second kappa shape index (κ2) is 5.07. The summed E-state index contributed by atoms with van der Waals surface area (Å²) in [6.45, 7) is 1.69. The fourth-order valence-corrected chi connectivity index (χ4v) is 3.35. The lowest BCUT2D eigenvalue weighted by Crippen LogP contribution is -2.31. The number of likely N-dealkylation sites (N-methyl/N-ethyl adjacent to an activating group) is 1. The Balaban J connectivity index is 2.34. The molecule has 2 heterocycles. The van der Waals surface area contributed by atoms with E-state index in [9.17, 15) is 10.1 Å². The van der Waals surface area contributed by atoms with Gasteiger partial charge in [0, 0.05) is 19.1 Å². The molecule has 0 aromatic carbocycles. The number of thiophene rings is 1. The van der Waals surface area contributed by atoms with E-state index in [1.165, 1.54) is 11.3 Å². The minimum atomic E-state index is -0.575. The third-order valence-electron chi connectivity index (χ3n) is 3.44. The Kier molecular flexibility index (Phi) is 3.64. The van der Waals surface area contributed by atoms with Crippen LogP contribution in [0.2, 0.25) is 0 Å². The molecular formula is C12H17N5OS. The highest BCUT2D eigenvalue weighted by Crippen LogP contribution is 2.39. The Labute approximate surface area is 116 Å². The molecular weight excluding hydrogens is 262 g/mol. The SMILES string of the molecule is CN(C)C1CCN(c2sc(C(N)=O)c(N)c2C#N)C1. The molecule has 1 saturated heterocycles. The average Bonchev–Trinajstić information content (AvgIpc) is 2.92. The Hall–Kier alpha value is -1.78. The van der Waals surface area contributed by atoms with Gasteiger partial charge in [-0.25, -0.2) is 0 Å². The van der Waals surface area contributed by atoms with Crippen LogP contribution in [-0.4, -0.2) is 44.0 Å². The maximum atomic E-state index is 11.3. The molecule has 102 valence electrons. The van der Waals surface area contributed by atoms with E-state index in [4.69, 9.17) is 11.5 Å². The van der Waals surface area contributed by atoms with Crippen molar-refractivity contribution in [1.29, 1.82) is 5.26 Å². The number of nitriles is 1. The van der Waals surface area contributed by atoms with Gasteiger partial charge >= 0.3 is 0 Å². The first-order valence-corrected chi connectivity index (χ1v) is 6.81. The van der Waals surface area contributed by atoms with Crippen molar-refractivity contribution in [2.45, 2.75) is 12.5 Å². The van der Waals surface area contributed by atoms with Crippen LogP contribution in [0.5, 0.6) is 0 Å². The summed E-state index contributed by atoms with van der Waals surface area (Å²) in [5.41, 5.74) is 11.7. The van der Waals surface area contributed by atoms with E-state index in [1.807, 2.05) is 14.1 Å². The number of hydrogen-bond donors (Lipinski definition) is 2. The number of nitrogen functional groups attached to an aromatic ring is 1. The van der Waals surface area contributed by atoms with Gasteiger partial charge in [-0.3, -0.25) is 4.79 Å². The molecule has 1 fully saturated rings. The van der Waals surface area contributed by atoms with Crippen molar-refractivity contribution in [2.75, 3.05) is 37.8 Å². The van der Waals surface area contributed by atoms with E-state index in [2.05, 4.69) is 15.9 Å². The number of carbonyl (C=O) groups excluding carboxylic acids is 1. The lowest BCUT2D eigenvalue weighted by atomic mass is 10.2. The maximum absolute atomic E-state index is 11.3. The third-order valence-corrected chi connectivity index (χ3v) is 4.72. The second-order valence-corrected chi connectivity index (χ2v) is 5.85. The van der Waals surface area contributed by atoms with Crippen LogP contribution in [0.3, 0.4) is 0 Å². The van der Waals surface area contributed by atoms with Gasteiger partial charge in [-0.2, -0.15) is 5.26 Å². The van der Waals surface area contributed by atoms with E-state index in [-0.39, 0.29) is 10.6 Å². The summed E-state index contributed by atoms with van der Waals surface area (Å²) >= 11 is 1.22. The van der Waals surface area contributed by atoms with Crippen LogP contribution >= 0.6 is 11.3 Å². The minimum Gasteiger partial charge on any atom is -0.396 e. The largest absolute Gasteiger partial charge is 0.396 e. The molecule has 7 heteroatoms. The van der Waals surface area contributed by atoms with E-state index in [1.54, 1.807) is 0 Å². The highest BCUT2D eigenvalue weighted by Gasteiger charge is 2.29. The molecule has 0 bridgehead atoms. The number of amides is 1. The molecule has 1 atom stereocenters. The summed E-state index contributed by atoms with van der Waals surface area (Å²) in [7, 11) is 4.08. The molecule has 1 aliphatic heterocycles. The molecule has 1 amide bonds. The zero-order valence-electron chi connectivity index (χ0n) is 11.0. The summed E-state index contributed by atoms with van der Waals surface area (Å²) < 4.78 is 0. The first-order chi connectivity index (χ1) is 8.95. The summed E-state index contributed by atoms with van der Waals surface area (Å²) in [6.07, 6.45) is 1.03. The second-order valence-electron chi connectivity index (χ2n) is 4.85. The molecule has 0 radical (unpaired) electrons. The molecule has 1 unspecified atom stereocenters. The van der Waals surface area contributed by atoms with Gasteiger partial charge < -0.3 is 21.3 Å². The predicted octanol–water partition coefficient (Wildman–Crippen LogP) is 0.441. The van der Waals surface area contributed by atoms with Crippen LogP contribution in [-0.2, 0) is 0 Å². The molecule has 1 aliphatic rings. The van der Waals surface area contributed by atoms with Crippen molar-refractivity contribution in [1.82, 2.24) is 4.90 Å². The van der Waals surface area contributed by atoms with Crippen molar-refractivity contribution in [2.24, 2.45) is 5.73 Å². The van der Waals surface area contributed by atoms with Crippen molar-refractivity contribution in [3.05, 3.63) is 10.4 Å². The summed E-state index contributed by atoms with van der Waals surface area (Å²) in [5.74, 6) is -0.575. The zero-order valence-corrected chi connectivity index (χ0v) is 11.8. The molecule has 19 heavy (non-hydrogen) atoms. The van der Waals surface area contributed by atoms with Crippen LogP contribution in [0.4, 0.5) is 10.7 Å². The highest BCUT2D eigenvalue weighted by molar-refractivity contribution is 7.19. The van der Waals surface area contributed by atoms with E-state index in [0.717, 1.165) is 24.5 Å². The van der Waals surface area contributed by atoms with Crippen LogP contribution in [0.1, 0.15) is 21.7 Å². The highest BCUT2D eigenvalue weighted by atomic mass is 32.1. The molecule has 6 nitrogen and oxygen atoms in total. The van der Waals surface area contributed by atoms with Gasteiger partial charge in [0.15, 0.2) is 0 Å². The van der Waals surface area contributed by atoms with Gasteiger partial charge in [0.1, 0.15) is 21.5 Å². The summed E-state index contributed by atoms with van der Waals surface area (Å²) in [6, 6.07) is 2.53. The monoisotopic (exact) mass is 279 g/mol. The first kappa shape index (κ1) is 13.6. The number of anilines is 2. The van der Waals surface area contributed by atoms with Crippen LogP contribution in [0.25, 0.3) is 0 Å². The van der Waals surface area contributed by atoms with Gasteiger partial charge in [-0.15, -0.1) is 11.3 Å². The Bertz CT molecular complexity index is 545. The van der Waals surface area contributed by atoms with Crippen LogP contribution in [0, 0.1) is 11.3 Å². The standard InChI is InChI=1S/C12H17N5OS/c1-16(2)7-3-4-17(6-7)12-8(5-13)9(14)10(19-12)11(15)18/h7H,3-4,6,14H2,1-2H3,(H2,15,18). The van der Waals surface area contributed by atoms with E-state index >= 15 is 0 Å². The summed E-state index contributed by atoms with van der Waals surface area (Å²) in [4.78, 5) is 15.9. The molecule has 1 aromatic rings. The van der Waals surface area contributed by atoms with Gasteiger partial charge in [0.05, 0.1) is 5.69 Å². The van der Waals surface area contributed by atoms with Crippen molar-refractivity contribution in [3.8, 4) is 6.07 Å². The van der Waals surface area contributed by atoms with Crippen molar-refractivity contribution in [3.63, 3.8) is 0 Å². The predicted molar refractivity (Wildman–Crippen MR) is 76.3 cm³/mol. The lowest BCUT2D eigenvalue weighted by Gasteiger charge is -2.20. The quantitative estimate of drug-likeness (QED) is 0.836. The number of carbonyl (C=O) groups is 1. The van der Waals surface area contributed by atoms with E-state index < -0.39 is 5.91 Å². The van der Waals surface area contributed by atoms with Gasteiger partial charge in [-0.05, 0) is 20.5 Å².